The van der Waals surface area contributed by atoms with Gasteiger partial charge in [0.2, 0.25) is 0 Å². The highest BCUT2D eigenvalue weighted by atomic mass is 32.1. The summed E-state index contributed by atoms with van der Waals surface area (Å²) >= 11 is 1.42. The van der Waals surface area contributed by atoms with Gasteiger partial charge in [0.05, 0.1) is 11.3 Å². The summed E-state index contributed by atoms with van der Waals surface area (Å²) in [5.41, 5.74) is 6.47. The molecule has 2 rings (SSSR count). The summed E-state index contributed by atoms with van der Waals surface area (Å²) in [6.07, 6.45) is 1.66. The Kier molecular flexibility index (Phi) is 3.08. The van der Waals surface area contributed by atoms with Crippen LogP contribution < -0.4 is 5.73 Å². The van der Waals surface area contributed by atoms with Crippen molar-refractivity contribution in [3.8, 4) is 11.8 Å². The van der Waals surface area contributed by atoms with E-state index in [0.29, 0.717) is 10.6 Å². The van der Waals surface area contributed by atoms with Gasteiger partial charge in [-0.3, -0.25) is 0 Å². The summed E-state index contributed by atoms with van der Waals surface area (Å²) in [6, 6.07) is 4.75. The normalized spacial score (nSPS) is 9.41. The van der Waals surface area contributed by atoms with E-state index in [0.717, 1.165) is 0 Å². The van der Waals surface area contributed by atoms with Gasteiger partial charge in [0.1, 0.15) is 0 Å². The molecule has 0 aliphatic carbocycles. The molecular formula is C12H8N2O2S. The Morgan fingerprint density at radius 3 is 2.88 bits per heavy atom. The quantitative estimate of drug-likeness (QED) is 0.592. The van der Waals surface area contributed by atoms with Crippen LogP contribution >= 0.6 is 11.3 Å². The van der Waals surface area contributed by atoms with Crippen molar-refractivity contribution in [3.63, 3.8) is 0 Å². The molecular weight excluding hydrogens is 236 g/mol. The number of hydrogen-bond donors (Lipinski definition) is 2. The Hall–Kier alpha value is -2.32. The minimum absolute atomic E-state index is 0.0657. The Balaban J connectivity index is 2.40. The molecule has 1 heterocycles. The highest BCUT2D eigenvalue weighted by Gasteiger charge is 2.09. The SMILES string of the molecule is Nc1c(C#Cc2nccs2)cccc1C(=O)O. The minimum atomic E-state index is -1.06. The topological polar surface area (TPSA) is 76.2 Å². The summed E-state index contributed by atoms with van der Waals surface area (Å²) in [4.78, 5) is 14.9. The summed E-state index contributed by atoms with van der Waals surface area (Å²) in [6.45, 7) is 0. The van der Waals surface area contributed by atoms with Crippen molar-refractivity contribution in [1.29, 1.82) is 0 Å². The lowest BCUT2D eigenvalue weighted by molar-refractivity contribution is 0.0698. The summed E-state index contributed by atoms with van der Waals surface area (Å²) in [5.74, 6) is 4.60. The number of para-hydroxylation sites is 1. The van der Waals surface area contributed by atoms with E-state index in [4.69, 9.17) is 10.8 Å². The molecule has 0 atom stereocenters. The van der Waals surface area contributed by atoms with Crippen LogP contribution in [0, 0.1) is 11.8 Å². The number of carboxylic acid groups (broad SMARTS) is 1. The molecule has 0 spiro atoms. The zero-order valence-electron chi connectivity index (χ0n) is 8.68. The second-order valence-corrected chi connectivity index (χ2v) is 4.05. The number of carbonyl (C=O) groups is 1. The number of nitrogens with zero attached hydrogens (tertiary/aromatic N) is 1. The molecule has 0 saturated heterocycles. The molecule has 5 heteroatoms. The van der Waals surface area contributed by atoms with Crippen LogP contribution in [0.3, 0.4) is 0 Å². The number of nitrogens with two attached hydrogens (primary N) is 1. The summed E-state index contributed by atoms with van der Waals surface area (Å²) < 4.78 is 0. The highest BCUT2D eigenvalue weighted by Crippen LogP contribution is 2.16. The number of nitrogen functional groups attached to an aromatic ring is 1. The second-order valence-electron chi connectivity index (χ2n) is 3.16. The van der Waals surface area contributed by atoms with Crippen LogP contribution in [0.2, 0.25) is 0 Å². The van der Waals surface area contributed by atoms with E-state index in [9.17, 15) is 4.79 Å². The maximum absolute atomic E-state index is 10.9. The minimum Gasteiger partial charge on any atom is -0.478 e. The largest absolute Gasteiger partial charge is 0.478 e. The number of thiazole rings is 1. The first-order valence-electron chi connectivity index (χ1n) is 4.72. The number of hydrogen-bond acceptors (Lipinski definition) is 4. The molecule has 4 nitrogen and oxygen atoms in total. The molecule has 0 amide bonds. The summed E-state index contributed by atoms with van der Waals surface area (Å²) in [5, 5.41) is 11.4. The van der Waals surface area contributed by atoms with Crippen molar-refractivity contribution in [2.24, 2.45) is 0 Å². The van der Waals surface area contributed by atoms with Crippen LogP contribution in [-0.4, -0.2) is 16.1 Å². The molecule has 1 aromatic heterocycles. The molecule has 0 aliphatic heterocycles. The first kappa shape index (κ1) is 11.2. The van der Waals surface area contributed by atoms with Gasteiger partial charge in [-0.1, -0.05) is 12.0 Å². The molecule has 3 N–H and O–H groups in total. The lowest BCUT2D eigenvalue weighted by Crippen LogP contribution is -2.03. The first-order chi connectivity index (χ1) is 8.18. The van der Waals surface area contributed by atoms with Gasteiger partial charge in [-0.25, -0.2) is 9.78 Å². The molecule has 0 saturated carbocycles. The van der Waals surface area contributed by atoms with E-state index in [1.165, 1.54) is 17.4 Å². The number of benzene rings is 1. The summed E-state index contributed by atoms with van der Waals surface area (Å²) in [7, 11) is 0. The highest BCUT2D eigenvalue weighted by molar-refractivity contribution is 7.10. The average Bonchev–Trinajstić information content (AvgIpc) is 2.80. The van der Waals surface area contributed by atoms with Crippen LogP contribution in [0.5, 0.6) is 0 Å². The fraction of sp³-hybridized carbons (Fsp3) is 0. The lowest BCUT2D eigenvalue weighted by Gasteiger charge is -2.01. The molecule has 1 aromatic carbocycles. The second kappa shape index (κ2) is 4.68. The van der Waals surface area contributed by atoms with Gasteiger partial charge in [0.25, 0.3) is 0 Å². The van der Waals surface area contributed by atoms with Crippen LogP contribution in [0.4, 0.5) is 5.69 Å². The molecule has 0 bridgehead atoms. The van der Waals surface area contributed by atoms with Crippen molar-refractivity contribution in [1.82, 2.24) is 4.98 Å². The number of rotatable bonds is 1. The van der Waals surface area contributed by atoms with Crippen LogP contribution in [0.15, 0.2) is 29.8 Å². The standard InChI is InChI=1S/C12H8N2O2S/c13-11-8(2-1-3-9(11)12(15)16)4-5-10-14-6-7-17-10/h1-3,6-7H,13H2,(H,15,16). The van der Waals surface area contributed by atoms with Crippen molar-refractivity contribution < 1.29 is 9.90 Å². The molecule has 0 fully saturated rings. The van der Waals surface area contributed by atoms with Crippen LogP contribution in [-0.2, 0) is 0 Å². The number of anilines is 1. The van der Waals surface area contributed by atoms with E-state index in [1.807, 2.05) is 5.38 Å². The maximum atomic E-state index is 10.9. The van der Waals surface area contributed by atoms with E-state index in [2.05, 4.69) is 16.8 Å². The van der Waals surface area contributed by atoms with Gasteiger partial charge >= 0.3 is 5.97 Å². The van der Waals surface area contributed by atoms with Crippen LogP contribution in [0.1, 0.15) is 20.9 Å². The third-order valence-electron chi connectivity index (χ3n) is 2.07. The van der Waals surface area contributed by atoms with Crippen molar-refractivity contribution in [2.75, 3.05) is 5.73 Å². The van der Waals surface area contributed by atoms with Crippen molar-refractivity contribution >= 4 is 23.0 Å². The van der Waals surface area contributed by atoms with E-state index in [-0.39, 0.29) is 11.3 Å². The van der Waals surface area contributed by atoms with Gasteiger partial charge in [-0.05, 0) is 18.1 Å². The zero-order valence-corrected chi connectivity index (χ0v) is 9.49. The maximum Gasteiger partial charge on any atom is 0.337 e. The Labute approximate surface area is 102 Å². The van der Waals surface area contributed by atoms with Gasteiger partial charge in [-0.2, -0.15) is 0 Å². The Bertz CT molecular complexity index is 609. The van der Waals surface area contributed by atoms with Gasteiger partial charge in [-0.15, -0.1) is 11.3 Å². The van der Waals surface area contributed by atoms with E-state index in [1.54, 1.807) is 18.3 Å². The molecule has 84 valence electrons. The fourth-order valence-electron chi connectivity index (χ4n) is 1.27. The van der Waals surface area contributed by atoms with E-state index < -0.39 is 5.97 Å². The third kappa shape index (κ3) is 2.44. The molecule has 0 unspecified atom stereocenters. The monoisotopic (exact) mass is 244 g/mol. The van der Waals surface area contributed by atoms with Gasteiger partial charge in [0, 0.05) is 17.1 Å². The number of aromatic nitrogens is 1. The molecule has 0 aliphatic rings. The van der Waals surface area contributed by atoms with Crippen molar-refractivity contribution in [3.05, 3.63) is 45.9 Å². The average molecular weight is 244 g/mol. The Morgan fingerprint density at radius 1 is 1.41 bits per heavy atom. The molecule has 17 heavy (non-hydrogen) atoms. The predicted octanol–water partition coefficient (Wildman–Crippen LogP) is 1.82. The lowest BCUT2D eigenvalue weighted by atomic mass is 10.1. The molecule has 0 radical (unpaired) electrons. The van der Waals surface area contributed by atoms with Gasteiger partial charge < -0.3 is 10.8 Å². The molecule has 2 aromatic rings. The Morgan fingerprint density at radius 2 is 2.24 bits per heavy atom. The zero-order chi connectivity index (χ0) is 12.3. The van der Waals surface area contributed by atoms with E-state index >= 15 is 0 Å². The fourth-order valence-corrected chi connectivity index (χ4v) is 1.75. The number of carboxylic acids is 1. The van der Waals surface area contributed by atoms with Crippen molar-refractivity contribution in [2.45, 2.75) is 0 Å². The first-order valence-corrected chi connectivity index (χ1v) is 5.60. The number of aromatic carboxylic acids is 1. The van der Waals surface area contributed by atoms with Crippen LogP contribution in [0.25, 0.3) is 0 Å². The third-order valence-corrected chi connectivity index (χ3v) is 2.76. The smallest absolute Gasteiger partial charge is 0.337 e. The predicted molar refractivity (Wildman–Crippen MR) is 65.9 cm³/mol. The van der Waals surface area contributed by atoms with Gasteiger partial charge in [0.15, 0.2) is 5.01 Å².